The highest BCUT2D eigenvalue weighted by Crippen LogP contribution is 2.20. The van der Waals surface area contributed by atoms with Gasteiger partial charge in [0.05, 0.1) is 22.6 Å². The van der Waals surface area contributed by atoms with E-state index in [0.717, 1.165) is 37.4 Å². The molecule has 1 saturated heterocycles. The maximum atomic E-state index is 13.1. The molecule has 0 spiro atoms. The summed E-state index contributed by atoms with van der Waals surface area (Å²) in [5.41, 5.74) is 2.89. The van der Waals surface area contributed by atoms with Gasteiger partial charge in [0.15, 0.2) is 0 Å². The third-order valence-corrected chi connectivity index (χ3v) is 4.20. The van der Waals surface area contributed by atoms with Gasteiger partial charge in [0.1, 0.15) is 5.82 Å². The second-order valence-electron chi connectivity index (χ2n) is 5.83. The van der Waals surface area contributed by atoms with E-state index in [1.54, 1.807) is 16.8 Å². The lowest BCUT2D eigenvalue weighted by molar-refractivity contribution is 0.0765. The molecule has 3 rings (SSSR count). The van der Waals surface area contributed by atoms with Gasteiger partial charge in [-0.25, -0.2) is 9.07 Å². The first-order chi connectivity index (χ1) is 11.1. The normalized spacial score (nSPS) is 15.5. The Bertz CT molecular complexity index is 700. The van der Waals surface area contributed by atoms with Gasteiger partial charge < -0.3 is 10.2 Å². The molecule has 1 fully saturated rings. The van der Waals surface area contributed by atoms with Crippen molar-refractivity contribution in [2.24, 2.45) is 0 Å². The number of hydrogen-bond acceptors (Lipinski definition) is 3. The molecule has 0 saturated carbocycles. The minimum absolute atomic E-state index is 0.0251. The predicted molar refractivity (Wildman–Crippen MR) is 86.4 cm³/mol. The molecule has 122 valence electrons. The molecule has 0 radical (unpaired) electrons. The van der Waals surface area contributed by atoms with Crippen LogP contribution in [0.2, 0.25) is 0 Å². The van der Waals surface area contributed by atoms with E-state index in [0.29, 0.717) is 17.8 Å². The average molecular weight is 316 g/mol. The Morgan fingerprint density at radius 2 is 1.91 bits per heavy atom. The van der Waals surface area contributed by atoms with Crippen LogP contribution in [-0.4, -0.2) is 46.8 Å². The van der Waals surface area contributed by atoms with E-state index < -0.39 is 0 Å². The number of aromatic nitrogens is 2. The van der Waals surface area contributed by atoms with Crippen LogP contribution in [0.4, 0.5) is 4.39 Å². The highest BCUT2D eigenvalue weighted by atomic mass is 19.1. The van der Waals surface area contributed by atoms with Crippen molar-refractivity contribution >= 4 is 5.91 Å². The second kappa shape index (κ2) is 6.50. The molecule has 1 N–H and O–H groups in total. The first kappa shape index (κ1) is 15.7. The Labute approximate surface area is 135 Å². The second-order valence-corrected chi connectivity index (χ2v) is 5.83. The van der Waals surface area contributed by atoms with E-state index in [1.807, 2.05) is 18.7 Å². The van der Waals surface area contributed by atoms with E-state index in [4.69, 9.17) is 0 Å². The minimum atomic E-state index is -0.288. The van der Waals surface area contributed by atoms with Crippen molar-refractivity contribution in [2.75, 3.05) is 26.2 Å². The zero-order valence-corrected chi connectivity index (χ0v) is 13.5. The quantitative estimate of drug-likeness (QED) is 0.923. The van der Waals surface area contributed by atoms with Crippen LogP contribution in [0, 0.1) is 19.7 Å². The van der Waals surface area contributed by atoms with Crippen LogP contribution in [0.3, 0.4) is 0 Å². The van der Waals surface area contributed by atoms with Gasteiger partial charge in [-0.05, 0) is 51.1 Å². The summed E-state index contributed by atoms with van der Waals surface area (Å²) in [5.74, 6) is -0.263. The Balaban J connectivity index is 1.94. The Kier molecular flexibility index (Phi) is 4.43. The van der Waals surface area contributed by atoms with Crippen molar-refractivity contribution in [2.45, 2.75) is 20.3 Å². The summed E-state index contributed by atoms with van der Waals surface area (Å²) in [7, 11) is 0. The zero-order valence-electron chi connectivity index (χ0n) is 13.5. The third kappa shape index (κ3) is 3.12. The van der Waals surface area contributed by atoms with Crippen molar-refractivity contribution in [3.8, 4) is 5.69 Å². The highest BCUT2D eigenvalue weighted by molar-refractivity contribution is 5.96. The fourth-order valence-electron chi connectivity index (χ4n) is 2.99. The fraction of sp³-hybridized carbons (Fsp3) is 0.412. The molecule has 0 unspecified atom stereocenters. The summed E-state index contributed by atoms with van der Waals surface area (Å²) in [4.78, 5) is 14.8. The van der Waals surface area contributed by atoms with Gasteiger partial charge in [-0.2, -0.15) is 5.10 Å². The third-order valence-electron chi connectivity index (χ3n) is 4.20. The largest absolute Gasteiger partial charge is 0.337 e. The van der Waals surface area contributed by atoms with Crippen molar-refractivity contribution in [1.29, 1.82) is 0 Å². The number of nitrogens with one attached hydrogen (secondary N) is 1. The minimum Gasteiger partial charge on any atom is -0.337 e. The fourth-order valence-corrected chi connectivity index (χ4v) is 2.99. The summed E-state index contributed by atoms with van der Waals surface area (Å²) in [6, 6.07) is 6.12. The van der Waals surface area contributed by atoms with Gasteiger partial charge in [0, 0.05) is 19.6 Å². The first-order valence-corrected chi connectivity index (χ1v) is 7.90. The molecule has 23 heavy (non-hydrogen) atoms. The molecular formula is C17H21FN4O. The smallest absolute Gasteiger partial charge is 0.257 e. The van der Waals surface area contributed by atoms with E-state index >= 15 is 0 Å². The lowest BCUT2D eigenvalue weighted by Crippen LogP contribution is -2.34. The van der Waals surface area contributed by atoms with E-state index in [-0.39, 0.29) is 11.7 Å². The van der Waals surface area contributed by atoms with Gasteiger partial charge in [-0.1, -0.05) is 0 Å². The van der Waals surface area contributed by atoms with E-state index in [1.165, 1.54) is 12.1 Å². The summed E-state index contributed by atoms with van der Waals surface area (Å²) in [6.45, 7) is 6.95. The monoisotopic (exact) mass is 316 g/mol. The maximum Gasteiger partial charge on any atom is 0.257 e. The average Bonchev–Trinajstić information content (AvgIpc) is 2.73. The lowest BCUT2D eigenvalue weighted by atomic mass is 10.1. The number of carbonyl (C=O) groups excluding carboxylic acids is 1. The van der Waals surface area contributed by atoms with Crippen LogP contribution >= 0.6 is 0 Å². The predicted octanol–water partition coefficient (Wildman–Crippen LogP) is 2.06. The van der Waals surface area contributed by atoms with Crippen LogP contribution in [0.15, 0.2) is 24.3 Å². The van der Waals surface area contributed by atoms with Crippen molar-refractivity contribution in [3.63, 3.8) is 0 Å². The number of halogens is 1. The van der Waals surface area contributed by atoms with Crippen molar-refractivity contribution in [3.05, 3.63) is 47.0 Å². The summed E-state index contributed by atoms with van der Waals surface area (Å²) < 4.78 is 14.8. The topological polar surface area (TPSA) is 50.2 Å². The molecular weight excluding hydrogens is 295 g/mol. The lowest BCUT2D eigenvalue weighted by Gasteiger charge is -2.20. The first-order valence-electron chi connectivity index (χ1n) is 7.90. The molecule has 2 heterocycles. The molecule has 1 aromatic carbocycles. The van der Waals surface area contributed by atoms with Crippen molar-refractivity contribution < 1.29 is 9.18 Å². The number of amides is 1. The number of hydrogen-bond donors (Lipinski definition) is 1. The van der Waals surface area contributed by atoms with Gasteiger partial charge in [0.25, 0.3) is 5.91 Å². The van der Waals surface area contributed by atoms with Gasteiger partial charge >= 0.3 is 0 Å². The molecule has 2 aromatic rings. The highest BCUT2D eigenvalue weighted by Gasteiger charge is 2.24. The summed E-state index contributed by atoms with van der Waals surface area (Å²) >= 11 is 0. The maximum absolute atomic E-state index is 13.1. The number of nitrogens with zero attached hydrogens (tertiary/aromatic N) is 3. The van der Waals surface area contributed by atoms with E-state index in [2.05, 4.69) is 10.4 Å². The summed E-state index contributed by atoms with van der Waals surface area (Å²) in [5, 5.41) is 7.78. The Morgan fingerprint density at radius 1 is 1.17 bits per heavy atom. The van der Waals surface area contributed by atoms with Crippen LogP contribution < -0.4 is 5.32 Å². The van der Waals surface area contributed by atoms with Crippen LogP contribution in [0.5, 0.6) is 0 Å². The summed E-state index contributed by atoms with van der Waals surface area (Å²) in [6.07, 6.45) is 0.954. The zero-order chi connectivity index (χ0) is 16.4. The molecule has 6 heteroatoms. The molecule has 0 aliphatic carbocycles. The number of aryl methyl sites for hydroxylation is 1. The number of benzene rings is 1. The van der Waals surface area contributed by atoms with Crippen molar-refractivity contribution in [1.82, 2.24) is 20.0 Å². The number of rotatable bonds is 2. The standard InChI is InChI=1S/C17H21FN4O/c1-12-16(17(23)21-10-3-8-19-9-11-21)13(2)22(20-12)15-6-4-14(18)5-7-15/h4-7,19H,3,8-11H2,1-2H3. The molecule has 5 nitrogen and oxygen atoms in total. The molecule has 0 atom stereocenters. The molecule has 1 aliphatic heterocycles. The van der Waals surface area contributed by atoms with E-state index in [9.17, 15) is 9.18 Å². The SMILES string of the molecule is Cc1nn(-c2ccc(F)cc2)c(C)c1C(=O)N1CCCNCC1. The molecule has 1 aliphatic rings. The van der Waals surface area contributed by atoms with Gasteiger partial charge in [0.2, 0.25) is 0 Å². The van der Waals surface area contributed by atoms with Crippen LogP contribution in [0.1, 0.15) is 28.2 Å². The van der Waals surface area contributed by atoms with Gasteiger partial charge in [-0.15, -0.1) is 0 Å². The van der Waals surface area contributed by atoms with Crippen LogP contribution in [0.25, 0.3) is 5.69 Å². The van der Waals surface area contributed by atoms with Gasteiger partial charge in [-0.3, -0.25) is 4.79 Å². The van der Waals surface area contributed by atoms with Crippen LogP contribution in [-0.2, 0) is 0 Å². The molecule has 1 aromatic heterocycles. The Morgan fingerprint density at radius 3 is 2.65 bits per heavy atom. The molecule has 0 bridgehead atoms. The molecule has 1 amide bonds. The number of carbonyl (C=O) groups is 1. The Hall–Kier alpha value is -2.21.